The summed E-state index contributed by atoms with van der Waals surface area (Å²) in [6.45, 7) is 0. The molecule has 0 saturated heterocycles. The van der Waals surface area contributed by atoms with Gasteiger partial charge in [-0.1, -0.05) is 11.6 Å². The number of methoxy groups -OCH3 is 1. The van der Waals surface area contributed by atoms with Crippen LogP contribution in [0.1, 0.15) is 29.3 Å². The summed E-state index contributed by atoms with van der Waals surface area (Å²) in [6, 6.07) is 6.84. The van der Waals surface area contributed by atoms with Gasteiger partial charge in [-0.3, -0.25) is 0 Å². The SMILES string of the molecule is COc1ccc(F)c(NC2CCCc3sc(Cl)cc32)c1. The van der Waals surface area contributed by atoms with Crippen molar-refractivity contribution in [1.29, 1.82) is 0 Å². The molecular formula is C15H15ClFNOS. The number of ether oxygens (including phenoxy) is 1. The van der Waals surface area contributed by atoms with Crippen LogP contribution in [-0.4, -0.2) is 7.11 Å². The van der Waals surface area contributed by atoms with E-state index in [1.807, 2.05) is 6.07 Å². The molecule has 0 aliphatic heterocycles. The zero-order valence-corrected chi connectivity index (χ0v) is 12.7. The Hall–Kier alpha value is -1.26. The number of benzene rings is 1. The van der Waals surface area contributed by atoms with Gasteiger partial charge < -0.3 is 10.1 Å². The highest BCUT2D eigenvalue weighted by Crippen LogP contribution is 2.40. The second-order valence-electron chi connectivity index (χ2n) is 4.86. The Balaban J connectivity index is 1.88. The summed E-state index contributed by atoms with van der Waals surface area (Å²) in [7, 11) is 1.58. The van der Waals surface area contributed by atoms with E-state index in [-0.39, 0.29) is 11.9 Å². The van der Waals surface area contributed by atoms with Crippen LogP contribution >= 0.6 is 22.9 Å². The van der Waals surface area contributed by atoms with Gasteiger partial charge in [0.05, 0.1) is 23.2 Å². The Kier molecular flexibility index (Phi) is 3.85. The number of nitrogens with one attached hydrogen (secondary N) is 1. The number of hydrogen-bond donors (Lipinski definition) is 1. The smallest absolute Gasteiger partial charge is 0.146 e. The van der Waals surface area contributed by atoms with Crippen LogP contribution in [0.25, 0.3) is 0 Å². The molecule has 2 aromatic rings. The highest BCUT2D eigenvalue weighted by Gasteiger charge is 2.23. The van der Waals surface area contributed by atoms with Crippen LogP contribution < -0.4 is 10.1 Å². The Morgan fingerprint density at radius 1 is 1.40 bits per heavy atom. The fourth-order valence-corrected chi connectivity index (χ4v) is 3.98. The number of anilines is 1. The molecule has 1 heterocycles. The third kappa shape index (κ3) is 2.63. The van der Waals surface area contributed by atoms with Crippen LogP contribution in [0.3, 0.4) is 0 Å². The molecule has 0 bridgehead atoms. The van der Waals surface area contributed by atoms with Crippen LogP contribution in [0.15, 0.2) is 24.3 Å². The molecule has 1 unspecified atom stereocenters. The van der Waals surface area contributed by atoms with E-state index in [2.05, 4.69) is 5.32 Å². The molecule has 0 spiro atoms. The standard InChI is InChI=1S/C15H15ClFNOS/c1-19-9-5-6-11(17)13(7-9)18-12-3-2-4-14-10(12)8-15(16)20-14/h5-8,12,18H,2-4H2,1H3. The quantitative estimate of drug-likeness (QED) is 0.857. The average molecular weight is 312 g/mol. The largest absolute Gasteiger partial charge is 0.497 e. The molecule has 1 aromatic carbocycles. The van der Waals surface area contributed by atoms with E-state index in [9.17, 15) is 4.39 Å². The number of fused-ring (bicyclic) bond motifs is 1. The maximum absolute atomic E-state index is 13.9. The van der Waals surface area contributed by atoms with Crippen molar-refractivity contribution < 1.29 is 9.13 Å². The summed E-state index contributed by atoms with van der Waals surface area (Å²) in [5.74, 6) is 0.382. The summed E-state index contributed by atoms with van der Waals surface area (Å²) in [5, 5.41) is 3.29. The molecule has 0 fully saturated rings. The summed E-state index contributed by atoms with van der Waals surface area (Å²) < 4.78 is 19.8. The number of hydrogen-bond acceptors (Lipinski definition) is 3. The highest BCUT2D eigenvalue weighted by molar-refractivity contribution is 7.16. The van der Waals surface area contributed by atoms with Gasteiger partial charge in [0.25, 0.3) is 0 Å². The van der Waals surface area contributed by atoms with Gasteiger partial charge in [-0.15, -0.1) is 11.3 Å². The molecule has 1 aliphatic carbocycles. The minimum Gasteiger partial charge on any atom is -0.497 e. The second kappa shape index (κ2) is 5.62. The van der Waals surface area contributed by atoms with Crippen molar-refractivity contribution in [3.8, 4) is 5.75 Å². The van der Waals surface area contributed by atoms with Crippen molar-refractivity contribution in [1.82, 2.24) is 0 Å². The molecule has 20 heavy (non-hydrogen) atoms. The molecule has 2 nitrogen and oxygen atoms in total. The fraction of sp³-hybridized carbons (Fsp3) is 0.333. The number of rotatable bonds is 3. The normalized spacial score (nSPS) is 17.6. The van der Waals surface area contributed by atoms with Crippen molar-refractivity contribution in [2.24, 2.45) is 0 Å². The lowest BCUT2D eigenvalue weighted by molar-refractivity contribution is 0.414. The summed E-state index contributed by atoms with van der Waals surface area (Å²) in [4.78, 5) is 1.31. The molecule has 1 aliphatic rings. The molecule has 5 heteroatoms. The van der Waals surface area contributed by atoms with Gasteiger partial charge in [-0.05, 0) is 43.0 Å². The molecular weight excluding hydrogens is 297 g/mol. The van der Waals surface area contributed by atoms with Gasteiger partial charge in [0.15, 0.2) is 0 Å². The van der Waals surface area contributed by atoms with E-state index in [0.29, 0.717) is 11.4 Å². The van der Waals surface area contributed by atoms with Gasteiger partial charge in [0.1, 0.15) is 11.6 Å². The van der Waals surface area contributed by atoms with E-state index in [1.54, 1.807) is 30.6 Å². The fourth-order valence-electron chi connectivity index (χ4n) is 2.60. The summed E-state index contributed by atoms with van der Waals surface area (Å²) >= 11 is 7.72. The lowest BCUT2D eigenvalue weighted by Crippen LogP contribution is -2.16. The van der Waals surface area contributed by atoms with E-state index in [0.717, 1.165) is 23.6 Å². The average Bonchev–Trinajstić information content (AvgIpc) is 2.82. The minimum absolute atomic E-state index is 0.115. The second-order valence-corrected chi connectivity index (χ2v) is 6.63. The first-order valence-electron chi connectivity index (χ1n) is 6.55. The lowest BCUT2D eigenvalue weighted by Gasteiger charge is -2.25. The predicted octanol–water partition coefficient (Wildman–Crippen LogP) is 5.04. The van der Waals surface area contributed by atoms with Crippen molar-refractivity contribution in [2.75, 3.05) is 12.4 Å². The minimum atomic E-state index is -0.265. The maximum Gasteiger partial charge on any atom is 0.146 e. The molecule has 1 aromatic heterocycles. The Morgan fingerprint density at radius 3 is 3.05 bits per heavy atom. The zero-order chi connectivity index (χ0) is 14.1. The Morgan fingerprint density at radius 2 is 2.25 bits per heavy atom. The van der Waals surface area contributed by atoms with Gasteiger partial charge >= 0.3 is 0 Å². The van der Waals surface area contributed by atoms with Crippen molar-refractivity contribution >= 4 is 28.6 Å². The molecule has 0 saturated carbocycles. The monoisotopic (exact) mass is 311 g/mol. The summed E-state index contributed by atoms with van der Waals surface area (Å²) in [6.07, 6.45) is 3.13. The predicted molar refractivity (Wildman–Crippen MR) is 81.6 cm³/mol. The molecule has 1 N–H and O–H groups in total. The number of aryl methyl sites for hydroxylation is 1. The topological polar surface area (TPSA) is 21.3 Å². The van der Waals surface area contributed by atoms with E-state index < -0.39 is 0 Å². The molecule has 3 rings (SSSR count). The van der Waals surface area contributed by atoms with Crippen molar-refractivity contribution in [3.63, 3.8) is 0 Å². The van der Waals surface area contributed by atoms with Crippen LogP contribution in [0.4, 0.5) is 10.1 Å². The lowest BCUT2D eigenvalue weighted by atomic mass is 9.94. The van der Waals surface area contributed by atoms with Crippen LogP contribution in [0.5, 0.6) is 5.75 Å². The highest BCUT2D eigenvalue weighted by atomic mass is 35.5. The maximum atomic E-state index is 13.9. The zero-order valence-electron chi connectivity index (χ0n) is 11.1. The molecule has 0 amide bonds. The number of halogens is 2. The first kappa shape index (κ1) is 13.7. The van der Waals surface area contributed by atoms with Crippen molar-refractivity contribution in [3.05, 3.63) is 44.9 Å². The third-order valence-electron chi connectivity index (χ3n) is 3.59. The number of thiophene rings is 1. The van der Waals surface area contributed by atoms with E-state index in [4.69, 9.17) is 16.3 Å². The first-order valence-corrected chi connectivity index (χ1v) is 7.75. The summed E-state index contributed by atoms with van der Waals surface area (Å²) in [5.41, 5.74) is 1.68. The molecule has 0 radical (unpaired) electrons. The Bertz CT molecular complexity index is 628. The Labute approximate surface area is 126 Å². The molecule has 1 atom stereocenters. The molecule has 106 valence electrons. The first-order chi connectivity index (χ1) is 9.67. The van der Waals surface area contributed by atoms with Gasteiger partial charge in [0.2, 0.25) is 0 Å². The van der Waals surface area contributed by atoms with E-state index >= 15 is 0 Å². The van der Waals surface area contributed by atoms with Crippen LogP contribution in [0, 0.1) is 5.82 Å². The van der Waals surface area contributed by atoms with Crippen molar-refractivity contribution in [2.45, 2.75) is 25.3 Å². The van der Waals surface area contributed by atoms with E-state index in [1.165, 1.54) is 16.5 Å². The van der Waals surface area contributed by atoms with Gasteiger partial charge in [-0.25, -0.2) is 4.39 Å². The van der Waals surface area contributed by atoms with Crippen LogP contribution in [0.2, 0.25) is 4.34 Å². The third-order valence-corrected chi connectivity index (χ3v) is 4.93. The van der Waals surface area contributed by atoms with Crippen LogP contribution in [-0.2, 0) is 6.42 Å². The van der Waals surface area contributed by atoms with Gasteiger partial charge in [-0.2, -0.15) is 0 Å². The van der Waals surface area contributed by atoms with Gasteiger partial charge in [0, 0.05) is 10.9 Å².